The Kier molecular flexibility index (Phi) is 5.79. The lowest BCUT2D eigenvalue weighted by molar-refractivity contribution is -0.00000331. The molecule has 0 unspecified atom stereocenters. The predicted molar refractivity (Wildman–Crippen MR) is 73.9 cm³/mol. The Balaban J connectivity index is 0.00000144. The highest BCUT2D eigenvalue weighted by Gasteiger charge is 2.25. The predicted octanol–water partition coefficient (Wildman–Crippen LogP) is 0.658. The van der Waals surface area contributed by atoms with Crippen molar-refractivity contribution in [2.24, 2.45) is 0 Å². The minimum Gasteiger partial charge on any atom is -1.00 e. The van der Waals surface area contributed by atoms with Crippen LogP contribution in [0.2, 0.25) is 0 Å². The fourth-order valence-corrected chi connectivity index (χ4v) is 3.40. The van der Waals surface area contributed by atoms with E-state index in [4.69, 9.17) is 0 Å². The van der Waals surface area contributed by atoms with Crippen LogP contribution in [0.1, 0.15) is 16.4 Å². The Labute approximate surface area is 117 Å². The first-order valence-corrected chi connectivity index (χ1v) is 7.56. The van der Waals surface area contributed by atoms with Crippen molar-refractivity contribution in [2.75, 3.05) is 12.5 Å². The third-order valence-electron chi connectivity index (χ3n) is 2.68. The van der Waals surface area contributed by atoms with E-state index in [9.17, 15) is 0 Å². The van der Waals surface area contributed by atoms with E-state index in [1.54, 1.807) is 0 Å². The fourth-order valence-electron chi connectivity index (χ4n) is 1.99. The van der Waals surface area contributed by atoms with Crippen LogP contribution in [-0.2, 0) is 10.9 Å². The van der Waals surface area contributed by atoms with Gasteiger partial charge in [-0.25, -0.2) is 0 Å². The summed E-state index contributed by atoms with van der Waals surface area (Å²) in [7, 11) is 0.345. The van der Waals surface area contributed by atoms with Gasteiger partial charge in [0.1, 0.15) is 0 Å². The molecule has 2 aromatic rings. The van der Waals surface area contributed by atoms with Gasteiger partial charge in [0, 0.05) is 11.1 Å². The smallest absolute Gasteiger partial charge is 0.167 e. The summed E-state index contributed by atoms with van der Waals surface area (Å²) < 4.78 is 0. The molecule has 2 heteroatoms. The molecule has 2 aromatic carbocycles. The van der Waals surface area contributed by atoms with Gasteiger partial charge in [-0.2, -0.15) is 0 Å². The van der Waals surface area contributed by atoms with Crippen molar-refractivity contribution in [3.8, 4) is 0 Å². The van der Waals surface area contributed by atoms with Crippen LogP contribution >= 0.6 is 0 Å². The summed E-state index contributed by atoms with van der Waals surface area (Å²) in [5.41, 5.74) is 2.84. The van der Waals surface area contributed by atoms with Crippen molar-refractivity contribution in [1.29, 1.82) is 0 Å². The van der Waals surface area contributed by atoms with Crippen molar-refractivity contribution >= 4 is 10.9 Å². The maximum Gasteiger partial charge on any atom is 0.167 e. The van der Waals surface area contributed by atoms with Crippen molar-refractivity contribution in [1.82, 2.24) is 0 Å². The van der Waals surface area contributed by atoms with Gasteiger partial charge in [-0.3, -0.25) is 0 Å². The highest BCUT2D eigenvalue weighted by molar-refractivity contribution is 7.95. The first-order chi connectivity index (χ1) is 7.79. The van der Waals surface area contributed by atoms with E-state index in [0.717, 1.165) is 0 Å². The van der Waals surface area contributed by atoms with Gasteiger partial charge < -0.3 is 17.0 Å². The molecule has 0 N–H and O–H groups in total. The van der Waals surface area contributed by atoms with E-state index < -0.39 is 0 Å². The molecule has 0 heterocycles. The molecule has 0 aromatic heterocycles. The standard InChI is InChI=1S/C15H17S.BrH/c1-16(2)15(13-9-5-3-6-10-13)14-11-7-4-8-12-14;/h3-12,15H,1-2H3;1H/q+1;/p-1. The van der Waals surface area contributed by atoms with Crippen LogP contribution in [0.4, 0.5) is 0 Å². The zero-order valence-electron chi connectivity index (χ0n) is 10.1. The summed E-state index contributed by atoms with van der Waals surface area (Å²) in [6.45, 7) is 0. The van der Waals surface area contributed by atoms with E-state index in [-0.39, 0.29) is 17.0 Å². The first kappa shape index (κ1) is 14.3. The molecule has 0 fully saturated rings. The van der Waals surface area contributed by atoms with Crippen LogP contribution < -0.4 is 17.0 Å². The maximum atomic E-state index is 2.31. The largest absolute Gasteiger partial charge is 1.00 e. The van der Waals surface area contributed by atoms with E-state index in [1.165, 1.54) is 11.1 Å². The number of hydrogen-bond acceptors (Lipinski definition) is 0. The van der Waals surface area contributed by atoms with E-state index in [1.807, 2.05) is 0 Å². The number of rotatable bonds is 3. The number of benzene rings is 2. The monoisotopic (exact) mass is 308 g/mol. The maximum absolute atomic E-state index is 2.31. The van der Waals surface area contributed by atoms with Crippen LogP contribution in [-0.4, -0.2) is 12.5 Å². The lowest BCUT2D eigenvalue weighted by Crippen LogP contribution is -3.00. The molecule has 0 aliphatic heterocycles. The van der Waals surface area contributed by atoms with E-state index in [2.05, 4.69) is 73.2 Å². The van der Waals surface area contributed by atoms with Crippen LogP contribution in [0.15, 0.2) is 60.7 Å². The molecule has 17 heavy (non-hydrogen) atoms. The van der Waals surface area contributed by atoms with Crippen LogP contribution in [0.5, 0.6) is 0 Å². The summed E-state index contributed by atoms with van der Waals surface area (Å²) in [5.74, 6) is 0. The van der Waals surface area contributed by atoms with Gasteiger partial charge in [0.2, 0.25) is 0 Å². The molecule has 0 nitrogen and oxygen atoms in total. The Morgan fingerprint density at radius 2 is 1.06 bits per heavy atom. The van der Waals surface area contributed by atoms with E-state index >= 15 is 0 Å². The topological polar surface area (TPSA) is 0 Å². The molecule has 0 atom stereocenters. The average molecular weight is 309 g/mol. The third kappa shape index (κ3) is 3.62. The Morgan fingerprint density at radius 1 is 0.706 bits per heavy atom. The van der Waals surface area contributed by atoms with Gasteiger partial charge in [0.25, 0.3) is 0 Å². The van der Waals surface area contributed by atoms with Gasteiger partial charge in [0.15, 0.2) is 5.25 Å². The lowest BCUT2D eigenvalue weighted by Gasteiger charge is -2.14. The third-order valence-corrected chi connectivity index (χ3v) is 4.16. The molecule has 0 bridgehead atoms. The van der Waals surface area contributed by atoms with Crippen LogP contribution in [0.25, 0.3) is 0 Å². The Hall–Kier alpha value is -0.730. The van der Waals surface area contributed by atoms with Crippen molar-refractivity contribution < 1.29 is 17.0 Å². The molecule has 0 aliphatic carbocycles. The Bertz CT molecular complexity index is 386. The summed E-state index contributed by atoms with van der Waals surface area (Å²) in [5, 5.41) is 0.530. The zero-order valence-corrected chi connectivity index (χ0v) is 12.5. The van der Waals surface area contributed by atoms with Crippen molar-refractivity contribution in [3.63, 3.8) is 0 Å². The lowest BCUT2D eigenvalue weighted by atomic mass is 10.0. The molecule has 0 amide bonds. The second-order valence-corrected chi connectivity index (χ2v) is 6.31. The van der Waals surface area contributed by atoms with Crippen LogP contribution in [0, 0.1) is 0 Å². The quantitative estimate of drug-likeness (QED) is 0.731. The molecule has 2 rings (SSSR count). The number of halogens is 1. The van der Waals surface area contributed by atoms with Gasteiger partial charge in [-0.05, 0) is 10.9 Å². The minimum atomic E-state index is 0. The van der Waals surface area contributed by atoms with Crippen molar-refractivity contribution in [2.45, 2.75) is 5.25 Å². The fraction of sp³-hybridized carbons (Fsp3) is 0.200. The zero-order chi connectivity index (χ0) is 11.4. The van der Waals surface area contributed by atoms with Crippen molar-refractivity contribution in [3.05, 3.63) is 71.8 Å². The SMILES string of the molecule is C[S+](C)C(c1ccccc1)c1ccccc1.[Br-]. The number of hydrogen-bond donors (Lipinski definition) is 0. The molecular weight excluding hydrogens is 292 g/mol. The van der Waals surface area contributed by atoms with Crippen LogP contribution in [0.3, 0.4) is 0 Å². The molecule has 0 aliphatic rings. The summed E-state index contributed by atoms with van der Waals surface area (Å²) in [6, 6.07) is 21.6. The normalized spacial score (nSPS) is 10.4. The van der Waals surface area contributed by atoms with Gasteiger partial charge >= 0.3 is 0 Å². The van der Waals surface area contributed by atoms with Gasteiger partial charge in [0.05, 0.1) is 12.5 Å². The van der Waals surface area contributed by atoms with E-state index in [0.29, 0.717) is 16.1 Å². The summed E-state index contributed by atoms with van der Waals surface area (Å²) in [6.07, 6.45) is 4.62. The summed E-state index contributed by atoms with van der Waals surface area (Å²) in [4.78, 5) is 0. The summed E-state index contributed by atoms with van der Waals surface area (Å²) >= 11 is 0. The molecule has 0 spiro atoms. The highest BCUT2D eigenvalue weighted by atomic mass is 79.9. The highest BCUT2D eigenvalue weighted by Crippen LogP contribution is 2.29. The van der Waals surface area contributed by atoms with Gasteiger partial charge in [-0.15, -0.1) is 0 Å². The average Bonchev–Trinajstić information content (AvgIpc) is 2.31. The first-order valence-electron chi connectivity index (χ1n) is 5.45. The van der Waals surface area contributed by atoms with Gasteiger partial charge in [-0.1, -0.05) is 60.7 Å². The Morgan fingerprint density at radius 3 is 1.35 bits per heavy atom. The molecule has 90 valence electrons. The molecular formula is C15H17BrS. The molecule has 0 saturated carbocycles. The second-order valence-electron chi connectivity index (χ2n) is 4.08. The second kappa shape index (κ2) is 6.87. The molecule has 0 saturated heterocycles. The molecule has 0 radical (unpaired) electrons. The minimum absolute atomic E-state index is 0.